The lowest BCUT2D eigenvalue weighted by atomic mass is 9.95. The maximum atomic E-state index is 12.1. The highest BCUT2D eigenvalue weighted by Gasteiger charge is 2.26. The van der Waals surface area contributed by atoms with Gasteiger partial charge in [0.25, 0.3) is 0 Å². The number of hydrogen-bond acceptors (Lipinski definition) is 4. The van der Waals surface area contributed by atoms with E-state index in [-0.39, 0.29) is 17.7 Å². The number of carbonyl (C=O) groups is 1. The maximum Gasteiger partial charge on any atom is 0.223 e. The highest BCUT2D eigenvalue weighted by molar-refractivity contribution is 6.30. The molecule has 1 unspecified atom stereocenters. The van der Waals surface area contributed by atoms with E-state index in [4.69, 9.17) is 11.6 Å². The Kier molecular flexibility index (Phi) is 6.03. The third kappa shape index (κ3) is 4.58. The first-order valence-corrected chi connectivity index (χ1v) is 8.17. The van der Waals surface area contributed by atoms with Crippen molar-refractivity contribution in [1.82, 2.24) is 10.3 Å². The molecule has 0 aromatic carbocycles. The molecule has 1 saturated heterocycles. The van der Waals surface area contributed by atoms with E-state index in [1.165, 1.54) is 0 Å². The first-order valence-electron chi connectivity index (χ1n) is 7.79. The van der Waals surface area contributed by atoms with Crippen molar-refractivity contribution in [2.75, 3.05) is 24.5 Å². The van der Waals surface area contributed by atoms with Crippen LogP contribution in [0.2, 0.25) is 5.02 Å². The SMILES string of the molecule is CC(C)C(O)CNC(=O)C1CCN(c2ccc(Cl)cn2)CC1. The molecule has 2 N–H and O–H groups in total. The van der Waals surface area contributed by atoms with Gasteiger partial charge in [-0.25, -0.2) is 4.98 Å². The van der Waals surface area contributed by atoms with E-state index in [1.807, 2.05) is 26.0 Å². The van der Waals surface area contributed by atoms with Crippen LogP contribution >= 0.6 is 11.6 Å². The molecule has 0 bridgehead atoms. The molecule has 0 aliphatic carbocycles. The molecule has 22 heavy (non-hydrogen) atoms. The fourth-order valence-electron chi connectivity index (χ4n) is 2.51. The van der Waals surface area contributed by atoms with Crippen LogP contribution < -0.4 is 10.2 Å². The first kappa shape index (κ1) is 17.0. The lowest BCUT2D eigenvalue weighted by molar-refractivity contribution is -0.126. The van der Waals surface area contributed by atoms with Crippen LogP contribution in [0.25, 0.3) is 0 Å². The van der Waals surface area contributed by atoms with Crippen molar-refractivity contribution in [2.45, 2.75) is 32.8 Å². The predicted octanol–water partition coefficient (Wildman–Crippen LogP) is 2.08. The summed E-state index contributed by atoms with van der Waals surface area (Å²) in [6.45, 7) is 5.82. The fraction of sp³-hybridized carbons (Fsp3) is 0.625. The zero-order chi connectivity index (χ0) is 16.1. The Hall–Kier alpha value is -1.33. The summed E-state index contributed by atoms with van der Waals surface area (Å²) in [6, 6.07) is 3.73. The maximum absolute atomic E-state index is 12.1. The number of piperidine rings is 1. The molecule has 1 fully saturated rings. The van der Waals surface area contributed by atoms with Crippen molar-refractivity contribution in [1.29, 1.82) is 0 Å². The third-order valence-corrected chi connectivity index (χ3v) is 4.38. The summed E-state index contributed by atoms with van der Waals surface area (Å²) in [5, 5.41) is 13.2. The van der Waals surface area contributed by atoms with E-state index >= 15 is 0 Å². The van der Waals surface area contributed by atoms with Crippen LogP contribution in [0.1, 0.15) is 26.7 Å². The molecular weight excluding hydrogens is 302 g/mol. The number of amides is 1. The Morgan fingerprint density at radius 3 is 2.68 bits per heavy atom. The van der Waals surface area contributed by atoms with Crippen LogP contribution in [0.5, 0.6) is 0 Å². The molecule has 1 amide bonds. The van der Waals surface area contributed by atoms with Crippen LogP contribution in [0.3, 0.4) is 0 Å². The van der Waals surface area contributed by atoms with Gasteiger partial charge in [-0.05, 0) is 30.9 Å². The molecule has 122 valence electrons. The fourth-order valence-corrected chi connectivity index (χ4v) is 2.62. The highest BCUT2D eigenvalue weighted by atomic mass is 35.5. The Morgan fingerprint density at radius 2 is 2.14 bits per heavy atom. The molecule has 2 heterocycles. The number of halogens is 1. The highest BCUT2D eigenvalue weighted by Crippen LogP contribution is 2.22. The normalized spacial score (nSPS) is 17.6. The van der Waals surface area contributed by atoms with E-state index in [2.05, 4.69) is 15.2 Å². The second kappa shape index (κ2) is 7.79. The molecule has 1 aliphatic rings. The van der Waals surface area contributed by atoms with Crippen LogP contribution in [0.15, 0.2) is 18.3 Å². The minimum absolute atomic E-state index is 0.0166. The van der Waals surface area contributed by atoms with Crippen LogP contribution in [-0.4, -0.2) is 41.7 Å². The van der Waals surface area contributed by atoms with Gasteiger partial charge in [0, 0.05) is 31.7 Å². The molecule has 5 nitrogen and oxygen atoms in total. The van der Waals surface area contributed by atoms with Gasteiger partial charge in [-0.1, -0.05) is 25.4 Å². The number of anilines is 1. The monoisotopic (exact) mass is 325 g/mol. The van der Waals surface area contributed by atoms with E-state index in [1.54, 1.807) is 6.20 Å². The molecule has 1 aromatic heterocycles. The lowest BCUT2D eigenvalue weighted by Crippen LogP contribution is -2.43. The summed E-state index contributed by atoms with van der Waals surface area (Å²) < 4.78 is 0. The molecule has 0 radical (unpaired) electrons. The number of aromatic nitrogens is 1. The molecule has 1 atom stereocenters. The Balaban J connectivity index is 1.79. The zero-order valence-electron chi connectivity index (χ0n) is 13.1. The molecule has 0 saturated carbocycles. The van der Waals surface area contributed by atoms with Crippen molar-refractivity contribution in [3.8, 4) is 0 Å². The quantitative estimate of drug-likeness (QED) is 0.870. The second-order valence-electron chi connectivity index (χ2n) is 6.15. The molecule has 1 aliphatic heterocycles. The number of pyridine rings is 1. The van der Waals surface area contributed by atoms with E-state index in [0.717, 1.165) is 31.7 Å². The van der Waals surface area contributed by atoms with Crippen molar-refractivity contribution in [3.63, 3.8) is 0 Å². The number of hydrogen-bond donors (Lipinski definition) is 2. The van der Waals surface area contributed by atoms with Crippen molar-refractivity contribution < 1.29 is 9.90 Å². The standard InChI is InChI=1S/C16H24ClN3O2/c1-11(2)14(21)10-19-16(22)12-5-7-20(8-6-12)15-4-3-13(17)9-18-15/h3-4,9,11-12,14,21H,5-8,10H2,1-2H3,(H,19,22). The van der Waals surface area contributed by atoms with Gasteiger partial charge in [0.2, 0.25) is 5.91 Å². The summed E-state index contributed by atoms with van der Waals surface area (Å²) in [7, 11) is 0. The minimum Gasteiger partial charge on any atom is -0.391 e. The van der Waals surface area contributed by atoms with E-state index in [0.29, 0.717) is 11.6 Å². The van der Waals surface area contributed by atoms with Crippen LogP contribution in [-0.2, 0) is 4.79 Å². The first-order chi connectivity index (χ1) is 10.5. The second-order valence-corrected chi connectivity index (χ2v) is 6.59. The molecule has 2 rings (SSSR count). The average Bonchev–Trinajstić information content (AvgIpc) is 2.53. The van der Waals surface area contributed by atoms with Crippen LogP contribution in [0, 0.1) is 11.8 Å². The zero-order valence-corrected chi connectivity index (χ0v) is 13.9. The molecule has 6 heteroatoms. The summed E-state index contributed by atoms with van der Waals surface area (Å²) in [6.07, 6.45) is 2.76. The average molecular weight is 326 g/mol. The smallest absolute Gasteiger partial charge is 0.223 e. The molecule has 0 spiro atoms. The van der Waals surface area contributed by atoms with Gasteiger partial charge in [-0.3, -0.25) is 4.79 Å². The predicted molar refractivity (Wildman–Crippen MR) is 88.0 cm³/mol. The van der Waals surface area contributed by atoms with Crippen molar-refractivity contribution >= 4 is 23.3 Å². The van der Waals surface area contributed by atoms with Gasteiger partial charge >= 0.3 is 0 Å². The number of nitrogens with one attached hydrogen (secondary N) is 1. The minimum atomic E-state index is -0.484. The van der Waals surface area contributed by atoms with Crippen molar-refractivity contribution in [2.24, 2.45) is 11.8 Å². The Bertz CT molecular complexity index is 485. The topological polar surface area (TPSA) is 65.5 Å². The van der Waals surface area contributed by atoms with Gasteiger partial charge in [0.05, 0.1) is 11.1 Å². The van der Waals surface area contributed by atoms with Gasteiger partial charge in [-0.15, -0.1) is 0 Å². The number of aliphatic hydroxyl groups excluding tert-OH is 1. The summed E-state index contributed by atoms with van der Waals surface area (Å²) in [4.78, 5) is 18.6. The van der Waals surface area contributed by atoms with Gasteiger partial charge in [-0.2, -0.15) is 0 Å². The molecular formula is C16H24ClN3O2. The number of nitrogens with zero attached hydrogens (tertiary/aromatic N) is 2. The summed E-state index contributed by atoms with van der Waals surface area (Å²) in [5.74, 6) is 1.11. The van der Waals surface area contributed by atoms with Crippen LogP contribution in [0.4, 0.5) is 5.82 Å². The lowest BCUT2D eigenvalue weighted by Gasteiger charge is -2.32. The summed E-state index contributed by atoms with van der Waals surface area (Å²) in [5.41, 5.74) is 0. The number of carbonyl (C=O) groups excluding carboxylic acids is 1. The van der Waals surface area contributed by atoms with E-state index in [9.17, 15) is 9.90 Å². The Labute approximate surface area is 136 Å². The summed E-state index contributed by atoms with van der Waals surface area (Å²) >= 11 is 5.84. The van der Waals surface area contributed by atoms with Crippen molar-refractivity contribution in [3.05, 3.63) is 23.4 Å². The largest absolute Gasteiger partial charge is 0.391 e. The van der Waals surface area contributed by atoms with E-state index < -0.39 is 6.10 Å². The number of rotatable bonds is 5. The Morgan fingerprint density at radius 1 is 1.45 bits per heavy atom. The van der Waals surface area contributed by atoms with Gasteiger partial charge in [0.1, 0.15) is 5.82 Å². The van der Waals surface area contributed by atoms with Gasteiger partial charge in [0.15, 0.2) is 0 Å². The number of aliphatic hydroxyl groups is 1. The third-order valence-electron chi connectivity index (χ3n) is 4.16. The molecule has 1 aromatic rings. The van der Waals surface area contributed by atoms with Gasteiger partial charge < -0.3 is 15.3 Å².